The lowest BCUT2D eigenvalue weighted by Gasteiger charge is -2.21. The van der Waals surface area contributed by atoms with Gasteiger partial charge in [0.05, 0.1) is 18.4 Å². The van der Waals surface area contributed by atoms with Crippen LogP contribution in [0, 0.1) is 5.82 Å². The Kier molecular flexibility index (Phi) is 6.35. The van der Waals surface area contributed by atoms with Gasteiger partial charge in [-0.1, -0.05) is 23.4 Å². The number of pyridine rings is 1. The molecule has 2 aromatic carbocycles. The van der Waals surface area contributed by atoms with E-state index in [4.69, 9.17) is 11.6 Å². The van der Waals surface area contributed by atoms with E-state index in [0.29, 0.717) is 11.6 Å². The topological polar surface area (TPSA) is 34.0 Å². The zero-order valence-corrected chi connectivity index (χ0v) is 17.9. The van der Waals surface area contributed by atoms with Gasteiger partial charge in [-0.3, -0.25) is 9.55 Å². The predicted octanol–water partition coefficient (Wildman–Crippen LogP) is 5.99. The number of benzene rings is 2. The van der Waals surface area contributed by atoms with Gasteiger partial charge >= 0.3 is 0 Å². The minimum atomic E-state index is -0.242. The third-order valence-electron chi connectivity index (χ3n) is 4.67. The van der Waals surface area contributed by atoms with Crippen LogP contribution in [0.5, 0.6) is 0 Å². The van der Waals surface area contributed by atoms with Crippen LogP contribution in [0.1, 0.15) is 11.3 Å². The van der Waals surface area contributed by atoms with Crippen LogP contribution in [-0.4, -0.2) is 21.6 Å². The van der Waals surface area contributed by atoms with Crippen LogP contribution >= 0.6 is 23.4 Å². The predicted molar refractivity (Wildman–Crippen MR) is 121 cm³/mol. The maximum atomic E-state index is 13.3. The average Bonchev–Trinajstić information content (AvgIpc) is 3.16. The molecular formula is C23H20ClFN4S. The first-order chi connectivity index (χ1) is 14.6. The van der Waals surface area contributed by atoms with E-state index in [1.54, 1.807) is 36.3 Å². The maximum Gasteiger partial charge on any atom is 0.173 e. The third-order valence-corrected chi connectivity index (χ3v) is 5.95. The van der Waals surface area contributed by atoms with E-state index in [1.165, 1.54) is 17.7 Å². The summed E-state index contributed by atoms with van der Waals surface area (Å²) in [5, 5.41) is 1.59. The largest absolute Gasteiger partial charge is 0.369 e. The van der Waals surface area contributed by atoms with Gasteiger partial charge in [0.1, 0.15) is 5.82 Å². The Bertz CT molecular complexity index is 1100. The zero-order valence-electron chi connectivity index (χ0n) is 16.4. The second-order valence-corrected chi connectivity index (χ2v) is 8.20. The lowest BCUT2D eigenvalue weighted by molar-refractivity contribution is 0.627. The lowest BCUT2D eigenvalue weighted by atomic mass is 10.2. The Morgan fingerprint density at radius 1 is 1.00 bits per heavy atom. The fourth-order valence-corrected chi connectivity index (χ4v) is 4.20. The summed E-state index contributed by atoms with van der Waals surface area (Å²) in [6.45, 7) is 0.622. The number of imidazole rings is 1. The summed E-state index contributed by atoms with van der Waals surface area (Å²) >= 11 is 7.76. The second-order valence-electron chi connectivity index (χ2n) is 6.82. The van der Waals surface area contributed by atoms with Gasteiger partial charge in [-0.25, -0.2) is 9.37 Å². The third kappa shape index (κ3) is 4.83. The molecule has 0 aliphatic carbocycles. The highest BCUT2D eigenvalue weighted by Crippen LogP contribution is 2.28. The van der Waals surface area contributed by atoms with Crippen molar-refractivity contribution >= 4 is 29.1 Å². The van der Waals surface area contributed by atoms with Crippen molar-refractivity contribution in [2.45, 2.75) is 17.5 Å². The summed E-state index contributed by atoms with van der Waals surface area (Å²) in [6, 6.07) is 18.2. The molecule has 7 heteroatoms. The van der Waals surface area contributed by atoms with Crippen molar-refractivity contribution in [3.63, 3.8) is 0 Å². The SMILES string of the molecule is CN(Cc1cnc(SCc2ccncc2)n1-c1ccc(Cl)cc1)c1ccc(F)cc1. The molecule has 0 saturated carbocycles. The number of aromatic nitrogens is 3. The van der Waals surface area contributed by atoms with Crippen LogP contribution in [0.3, 0.4) is 0 Å². The van der Waals surface area contributed by atoms with Gasteiger partial charge in [0.15, 0.2) is 5.16 Å². The Balaban J connectivity index is 1.63. The second kappa shape index (κ2) is 9.32. The number of rotatable bonds is 7. The van der Waals surface area contributed by atoms with E-state index in [-0.39, 0.29) is 5.82 Å². The van der Waals surface area contributed by atoms with E-state index >= 15 is 0 Å². The van der Waals surface area contributed by atoms with Crippen molar-refractivity contribution in [2.75, 3.05) is 11.9 Å². The highest BCUT2D eigenvalue weighted by Gasteiger charge is 2.15. The molecule has 0 atom stereocenters. The molecule has 0 unspecified atom stereocenters. The molecule has 0 radical (unpaired) electrons. The molecule has 152 valence electrons. The first-order valence-corrected chi connectivity index (χ1v) is 10.8. The Hall–Kier alpha value is -2.83. The van der Waals surface area contributed by atoms with Gasteiger partial charge in [0, 0.05) is 41.6 Å². The quantitative estimate of drug-likeness (QED) is 0.332. The summed E-state index contributed by atoms with van der Waals surface area (Å²) in [5.41, 5.74) is 4.15. The normalized spacial score (nSPS) is 10.9. The molecule has 4 rings (SSSR count). The molecular weight excluding hydrogens is 419 g/mol. The van der Waals surface area contributed by atoms with Gasteiger partial charge in [-0.15, -0.1) is 0 Å². The van der Waals surface area contributed by atoms with E-state index in [1.807, 2.05) is 49.6 Å². The van der Waals surface area contributed by atoms with Crippen molar-refractivity contribution in [3.8, 4) is 5.69 Å². The molecule has 4 aromatic rings. The average molecular weight is 439 g/mol. The molecule has 0 aliphatic heterocycles. The van der Waals surface area contributed by atoms with E-state index in [0.717, 1.165) is 28.0 Å². The highest BCUT2D eigenvalue weighted by molar-refractivity contribution is 7.98. The number of hydrogen-bond donors (Lipinski definition) is 0. The van der Waals surface area contributed by atoms with Crippen LogP contribution < -0.4 is 4.90 Å². The van der Waals surface area contributed by atoms with Gasteiger partial charge in [0.25, 0.3) is 0 Å². The Labute approximate surface area is 184 Å². The van der Waals surface area contributed by atoms with Crippen molar-refractivity contribution in [1.29, 1.82) is 0 Å². The van der Waals surface area contributed by atoms with Crippen LogP contribution in [0.15, 0.2) is 84.4 Å². The van der Waals surface area contributed by atoms with Crippen molar-refractivity contribution in [3.05, 3.63) is 101 Å². The fourth-order valence-electron chi connectivity index (χ4n) is 3.10. The Morgan fingerprint density at radius 3 is 2.40 bits per heavy atom. The number of nitrogens with zero attached hydrogens (tertiary/aromatic N) is 4. The molecule has 0 fully saturated rings. The molecule has 0 bridgehead atoms. The molecule has 0 aliphatic rings. The lowest BCUT2D eigenvalue weighted by Crippen LogP contribution is -2.18. The Morgan fingerprint density at radius 2 is 1.70 bits per heavy atom. The minimum Gasteiger partial charge on any atom is -0.369 e. The summed E-state index contributed by atoms with van der Waals surface area (Å²) in [5.74, 6) is 0.550. The van der Waals surface area contributed by atoms with Crippen LogP contribution in [0.2, 0.25) is 5.02 Å². The molecule has 0 saturated heterocycles. The van der Waals surface area contributed by atoms with Gasteiger partial charge < -0.3 is 4.90 Å². The number of hydrogen-bond acceptors (Lipinski definition) is 4. The number of halogens is 2. The molecule has 0 amide bonds. The standard InChI is InChI=1S/C23H20ClFN4S/c1-28(20-8-4-19(25)5-9-20)15-22-14-27-23(30-16-17-10-12-26-13-11-17)29(22)21-6-2-18(24)3-7-21/h2-14H,15-16H2,1H3. The van der Waals surface area contributed by atoms with Gasteiger partial charge in [0.2, 0.25) is 0 Å². The molecule has 0 N–H and O–H groups in total. The highest BCUT2D eigenvalue weighted by atomic mass is 35.5. The van der Waals surface area contributed by atoms with E-state index in [9.17, 15) is 4.39 Å². The minimum absolute atomic E-state index is 0.242. The summed E-state index contributed by atoms with van der Waals surface area (Å²) < 4.78 is 15.4. The molecule has 2 aromatic heterocycles. The molecule has 0 spiro atoms. The van der Waals surface area contributed by atoms with E-state index in [2.05, 4.69) is 19.4 Å². The fraction of sp³-hybridized carbons (Fsp3) is 0.130. The van der Waals surface area contributed by atoms with Crippen molar-refractivity contribution in [2.24, 2.45) is 0 Å². The summed E-state index contributed by atoms with van der Waals surface area (Å²) in [7, 11) is 1.98. The summed E-state index contributed by atoms with van der Waals surface area (Å²) in [6.07, 6.45) is 5.48. The monoisotopic (exact) mass is 438 g/mol. The van der Waals surface area contributed by atoms with Crippen molar-refractivity contribution in [1.82, 2.24) is 14.5 Å². The first-order valence-electron chi connectivity index (χ1n) is 9.41. The van der Waals surface area contributed by atoms with Crippen LogP contribution in [0.4, 0.5) is 10.1 Å². The number of anilines is 1. The zero-order chi connectivity index (χ0) is 20.9. The number of thioether (sulfide) groups is 1. The summed E-state index contributed by atoms with van der Waals surface area (Å²) in [4.78, 5) is 10.8. The van der Waals surface area contributed by atoms with E-state index < -0.39 is 0 Å². The van der Waals surface area contributed by atoms with Crippen LogP contribution in [0.25, 0.3) is 5.69 Å². The molecule has 4 nitrogen and oxygen atoms in total. The molecule has 2 heterocycles. The van der Waals surface area contributed by atoms with Crippen LogP contribution in [-0.2, 0) is 12.3 Å². The smallest absolute Gasteiger partial charge is 0.173 e. The van der Waals surface area contributed by atoms with Gasteiger partial charge in [-0.2, -0.15) is 0 Å². The molecule has 30 heavy (non-hydrogen) atoms. The maximum absolute atomic E-state index is 13.3. The van der Waals surface area contributed by atoms with Gasteiger partial charge in [-0.05, 0) is 66.2 Å². The first kappa shape index (κ1) is 20.4. The van der Waals surface area contributed by atoms with Crippen molar-refractivity contribution < 1.29 is 4.39 Å².